The molecule has 3 aliphatic rings. The van der Waals surface area contributed by atoms with E-state index in [2.05, 4.69) is 17.6 Å². The third kappa shape index (κ3) is 4.17. The van der Waals surface area contributed by atoms with Gasteiger partial charge in [-0.3, -0.25) is 14.4 Å². The monoisotopic (exact) mass is 430 g/mol. The van der Waals surface area contributed by atoms with Crippen LogP contribution in [0.4, 0.5) is 5.00 Å². The molecule has 3 N–H and O–H groups in total. The number of carbonyl (C=O) groups excluding carboxylic acids is 2. The molecular formula is C23H30N2O4S. The van der Waals surface area contributed by atoms with Crippen LogP contribution in [0, 0.1) is 17.8 Å². The SMILES string of the molecule is CC1=C(C)C[C@@H](C(=O)Nc2sc3c(c2C(=O)NC2CC2)CC[C@H](C)C3)[C@@H](C(=O)O)C1. The number of rotatable bonds is 5. The summed E-state index contributed by atoms with van der Waals surface area (Å²) in [5.74, 6) is -2.13. The van der Waals surface area contributed by atoms with E-state index in [4.69, 9.17) is 0 Å². The lowest BCUT2D eigenvalue weighted by Gasteiger charge is -2.29. The summed E-state index contributed by atoms with van der Waals surface area (Å²) in [4.78, 5) is 39.2. The summed E-state index contributed by atoms with van der Waals surface area (Å²) < 4.78 is 0. The molecule has 4 rings (SSSR count). The first-order valence-electron chi connectivity index (χ1n) is 10.9. The summed E-state index contributed by atoms with van der Waals surface area (Å²) in [6, 6.07) is 0.240. The molecule has 0 saturated heterocycles. The van der Waals surface area contributed by atoms with Crippen molar-refractivity contribution in [1.82, 2.24) is 5.32 Å². The van der Waals surface area contributed by atoms with Crippen molar-refractivity contribution in [3.05, 3.63) is 27.2 Å². The number of aliphatic carboxylic acids is 1. The van der Waals surface area contributed by atoms with Gasteiger partial charge in [-0.05, 0) is 70.3 Å². The van der Waals surface area contributed by atoms with Crippen molar-refractivity contribution in [2.75, 3.05) is 5.32 Å². The Morgan fingerprint density at radius 1 is 1.00 bits per heavy atom. The normalized spacial score (nSPS) is 26.2. The minimum atomic E-state index is -0.937. The first-order chi connectivity index (χ1) is 14.2. The highest BCUT2D eigenvalue weighted by molar-refractivity contribution is 7.17. The lowest BCUT2D eigenvalue weighted by Crippen LogP contribution is -2.37. The molecule has 1 saturated carbocycles. The predicted molar refractivity (Wildman–Crippen MR) is 117 cm³/mol. The largest absolute Gasteiger partial charge is 0.481 e. The fourth-order valence-corrected chi connectivity index (χ4v) is 6.01. The van der Waals surface area contributed by atoms with Gasteiger partial charge in [0.1, 0.15) is 5.00 Å². The van der Waals surface area contributed by atoms with Crippen molar-refractivity contribution in [1.29, 1.82) is 0 Å². The highest BCUT2D eigenvalue weighted by Gasteiger charge is 2.38. The number of allylic oxidation sites excluding steroid dienone is 2. The Kier molecular flexibility index (Phi) is 5.75. The van der Waals surface area contributed by atoms with Gasteiger partial charge in [0.2, 0.25) is 5.91 Å². The topological polar surface area (TPSA) is 95.5 Å². The highest BCUT2D eigenvalue weighted by atomic mass is 32.1. The molecule has 3 atom stereocenters. The molecular weight excluding hydrogens is 400 g/mol. The molecule has 1 aromatic rings. The maximum absolute atomic E-state index is 13.2. The molecule has 6 nitrogen and oxygen atoms in total. The highest BCUT2D eigenvalue weighted by Crippen LogP contribution is 2.41. The van der Waals surface area contributed by atoms with Crippen LogP contribution in [0.1, 0.15) is 73.7 Å². The average Bonchev–Trinajstić information content (AvgIpc) is 3.42. The summed E-state index contributed by atoms with van der Waals surface area (Å²) in [5, 5.41) is 16.3. The van der Waals surface area contributed by atoms with Crippen LogP contribution in [0.5, 0.6) is 0 Å². The zero-order chi connectivity index (χ0) is 21.6. The summed E-state index contributed by atoms with van der Waals surface area (Å²) in [7, 11) is 0. The quantitative estimate of drug-likeness (QED) is 0.612. The van der Waals surface area contributed by atoms with Gasteiger partial charge < -0.3 is 15.7 Å². The molecule has 7 heteroatoms. The maximum Gasteiger partial charge on any atom is 0.307 e. The van der Waals surface area contributed by atoms with Crippen LogP contribution in [0.25, 0.3) is 0 Å². The molecule has 1 fully saturated rings. The van der Waals surface area contributed by atoms with E-state index in [0.717, 1.165) is 48.8 Å². The average molecular weight is 431 g/mol. The third-order valence-electron chi connectivity index (χ3n) is 6.81. The summed E-state index contributed by atoms with van der Waals surface area (Å²) >= 11 is 1.49. The summed E-state index contributed by atoms with van der Waals surface area (Å²) in [6.45, 7) is 6.11. The molecule has 0 unspecified atom stereocenters. The third-order valence-corrected chi connectivity index (χ3v) is 7.98. The zero-order valence-corrected chi connectivity index (χ0v) is 18.7. The van der Waals surface area contributed by atoms with E-state index in [0.29, 0.717) is 29.3 Å². The molecule has 0 bridgehead atoms. The number of thiophene rings is 1. The van der Waals surface area contributed by atoms with Gasteiger partial charge in [0.05, 0.1) is 17.4 Å². The second-order valence-electron chi connectivity index (χ2n) is 9.31. The Labute approximate surface area is 181 Å². The van der Waals surface area contributed by atoms with Crippen LogP contribution >= 0.6 is 11.3 Å². The lowest BCUT2D eigenvalue weighted by atomic mass is 9.76. The number of carboxylic acid groups (broad SMARTS) is 1. The Bertz CT molecular complexity index is 928. The second-order valence-corrected chi connectivity index (χ2v) is 10.4. The second kappa shape index (κ2) is 8.17. The molecule has 162 valence electrons. The van der Waals surface area contributed by atoms with Gasteiger partial charge in [0.25, 0.3) is 5.91 Å². The number of anilines is 1. The first-order valence-corrected chi connectivity index (χ1v) is 11.7. The van der Waals surface area contributed by atoms with Gasteiger partial charge in [0, 0.05) is 10.9 Å². The number of carboxylic acids is 1. The standard InChI is InChI=1S/C23H30N2O4S/c1-11-4-7-15-18(8-11)30-22(19(15)21(27)24-14-5-6-14)25-20(26)16-9-12(2)13(3)10-17(16)23(28)29/h11,14,16-17H,4-10H2,1-3H3,(H,24,27)(H,25,26)(H,28,29)/t11-,16+,17-/m0/s1. The Balaban J connectivity index is 1.62. The number of carbonyl (C=O) groups is 3. The van der Waals surface area contributed by atoms with Crippen LogP contribution in [0.15, 0.2) is 11.1 Å². The summed E-state index contributed by atoms with van der Waals surface area (Å²) in [5.41, 5.74) is 3.81. The molecule has 0 spiro atoms. The molecule has 3 aliphatic carbocycles. The smallest absolute Gasteiger partial charge is 0.307 e. The number of nitrogens with one attached hydrogen (secondary N) is 2. The van der Waals surface area contributed by atoms with E-state index in [9.17, 15) is 19.5 Å². The fraction of sp³-hybridized carbons (Fsp3) is 0.609. The van der Waals surface area contributed by atoms with Gasteiger partial charge in [-0.25, -0.2) is 0 Å². The van der Waals surface area contributed by atoms with E-state index in [1.165, 1.54) is 16.2 Å². The van der Waals surface area contributed by atoms with Crippen LogP contribution in [0.2, 0.25) is 0 Å². The van der Waals surface area contributed by atoms with E-state index in [1.807, 2.05) is 13.8 Å². The van der Waals surface area contributed by atoms with E-state index in [-0.39, 0.29) is 17.9 Å². The van der Waals surface area contributed by atoms with Crippen LogP contribution < -0.4 is 10.6 Å². The Morgan fingerprint density at radius 2 is 1.67 bits per heavy atom. The molecule has 0 aromatic carbocycles. The maximum atomic E-state index is 13.2. The van der Waals surface area contributed by atoms with Crippen LogP contribution in [-0.4, -0.2) is 28.9 Å². The molecule has 1 heterocycles. The van der Waals surface area contributed by atoms with Crippen molar-refractivity contribution < 1.29 is 19.5 Å². The predicted octanol–water partition coefficient (Wildman–Crippen LogP) is 4.15. The fourth-order valence-electron chi connectivity index (χ4n) is 4.60. The van der Waals surface area contributed by atoms with E-state index >= 15 is 0 Å². The lowest BCUT2D eigenvalue weighted by molar-refractivity contribution is -0.146. The zero-order valence-electron chi connectivity index (χ0n) is 17.8. The minimum Gasteiger partial charge on any atom is -0.481 e. The molecule has 0 aliphatic heterocycles. The Morgan fingerprint density at radius 3 is 2.30 bits per heavy atom. The molecule has 1 aromatic heterocycles. The van der Waals surface area contributed by atoms with Crippen molar-refractivity contribution in [3.63, 3.8) is 0 Å². The van der Waals surface area contributed by atoms with Crippen molar-refractivity contribution >= 4 is 34.1 Å². The minimum absolute atomic E-state index is 0.106. The Hall–Kier alpha value is -2.15. The van der Waals surface area contributed by atoms with Crippen molar-refractivity contribution in [2.24, 2.45) is 17.8 Å². The van der Waals surface area contributed by atoms with Crippen molar-refractivity contribution in [2.45, 2.75) is 71.8 Å². The molecule has 2 amide bonds. The summed E-state index contributed by atoms with van der Waals surface area (Å²) in [6.07, 6.45) is 5.65. The van der Waals surface area contributed by atoms with E-state index < -0.39 is 17.8 Å². The first kappa shape index (κ1) is 21.1. The van der Waals surface area contributed by atoms with Gasteiger partial charge in [-0.15, -0.1) is 11.3 Å². The van der Waals surface area contributed by atoms with Crippen molar-refractivity contribution in [3.8, 4) is 0 Å². The molecule has 30 heavy (non-hydrogen) atoms. The number of fused-ring (bicyclic) bond motifs is 1. The number of hydrogen-bond acceptors (Lipinski definition) is 4. The van der Waals surface area contributed by atoms with Gasteiger partial charge in [-0.1, -0.05) is 18.1 Å². The number of amides is 2. The van der Waals surface area contributed by atoms with Gasteiger partial charge >= 0.3 is 5.97 Å². The van der Waals surface area contributed by atoms with Crippen LogP contribution in [0.3, 0.4) is 0 Å². The van der Waals surface area contributed by atoms with Gasteiger partial charge in [-0.2, -0.15) is 0 Å². The van der Waals surface area contributed by atoms with Crippen LogP contribution in [-0.2, 0) is 22.4 Å². The number of hydrogen-bond donors (Lipinski definition) is 3. The molecule has 0 radical (unpaired) electrons. The van der Waals surface area contributed by atoms with Gasteiger partial charge in [0.15, 0.2) is 0 Å². The van der Waals surface area contributed by atoms with E-state index in [1.54, 1.807) is 0 Å².